The van der Waals surface area contributed by atoms with Gasteiger partial charge in [0.15, 0.2) is 0 Å². The molecule has 21 heavy (non-hydrogen) atoms. The number of rotatable bonds is 6. The van der Waals surface area contributed by atoms with Crippen LogP contribution in [-0.4, -0.2) is 46.9 Å². The summed E-state index contributed by atoms with van der Waals surface area (Å²) in [4.78, 5) is 28.4. The molecule has 114 valence electrons. The molecule has 8 heteroatoms. The molecule has 1 aliphatic rings. The van der Waals surface area contributed by atoms with E-state index in [-0.39, 0.29) is 18.1 Å². The zero-order chi connectivity index (χ0) is 15.2. The van der Waals surface area contributed by atoms with E-state index in [0.29, 0.717) is 18.2 Å². The molecule has 1 aromatic rings. The number of hydrogen-bond acceptors (Lipinski definition) is 6. The van der Waals surface area contributed by atoms with Crippen LogP contribution in [0.3, 0.4) is 0 Å². The van der Waals surface area contributed by atoms with Crippen molar-refractivity contribution >= 4 is 23.2 Å². The van der Waals surface area contributed by atoms with E-state index in [9.17, 15) is 14.9 Å². The highest BCUT2D eigenvalue weighted by atomic mass is 16.6. The van der Waals surface area contributed by atoms with Crippen molar-refractivity contribution in [2.45, 2.75) is 19.8 Å². The highest BCUT2D eigenvalue weighted by molar-refractivity contribution is 5.81. The van der Waals surface area contributed by atoms with Gasteiger partial charge in [-0.2, -0.15) is 0 Å². The van der Waals surface area contributed by atoms with Gasteiger partial charge in [-0.25, -0.2) is 4.98 Å². The molecule has 0 bridgehead atoms. The van der Waals surface area contributed by atoms with Crippen molar-refractivity contribution in [3.63, 3.8) is 0 Å². The number of aromatic nitrogens is 1. The molecule has 2 N–H and O–H groups in total. The summed E-state index contributed by atoms with van der Waals surface area (Å²) < 4.78 is 0. The second kappa shape index (κ2) is 6.87. The van der Waals surface area contributed by atoms with E-state index in [2.05, 4.69) is 15.6 Å². The Labute approximate surface area is 122 Å². The van der Waals surface area contributed by atoms with Gasteiger partial charge in [-0.3, -0.25) is 14.9 Å². The van der Waals surface area contributed by atoms with Gasteiger partial charge in [0.1, 0.15) is 11.6 Å². The van der Waals surface area contributed by atoms with Gasteiger partial charge >= 0.3 is 0 Å². The minimum Gasteiger partial charge on any atom is -0.370 e. The molecule has 1 aliphatic heterocycles. The number of anilines is 2. The average Bonchev–Trinajstić information content (AvgIpc) is 2.99. The lowest BCUT2D eigenvalue weighted by Gasteiger charge is -2.15. The third-order valence-electron chi connectivity index (χ3n) is 3.26. The van der Waals surface area contributed by atoms with Gasteiger partial charge in [-0.05, 0) is 19.8 Å². The maximum atomic E-state index is 11.9. The van der Waals surface area contributed by atoms with Crippen molar-refractivity contribution < 1.29 is 9.72 Å². The molecule has 0 spiro atoms. The number of likely N-dealkylation sites (tertiary alicyclic amines) is 1. The monoisotopic (exact) mass is 293 g/mol. The van der Waals surface area contributed by atoms with Gasteiger partial charge in [0.2, 0.25) is 5.91 Å². The number of nitro groups is 1. The van der Waals surface area contributed by atoms with Crippen LogP contribution in [0.1, 0.15) is 19.8 Å². The standard InChI is InChI=1S/C13H19N5O3/c1-2-14-11-7-10(18(20)21)8-12(16-11)15-9-13(19)17-5-3-4-6-17/h7-8H,2-6,9H2,1H3,(H2,14,15,16). The van der Waals surface area contributed by atoms with Crippen LogP contribution >= 0.6 is 0 Å². The van der Waals surface area contributed by atoms with Crippen LogP contribution in [0.4, 0.5) is 17.3 Å². The zero-order valence-corrected chi connectivity index (χ0v) is 12.0. The van der Waals surface area contributed by atoms with E-state index in [1.54, 1.807) is 4.90 Å². The fraction of sp³-hybridized carbons (Fsp3) is 0.538. The molecule has 1 fully saturated rings. The van der Waals surface area contributed by atoms with Gasteiger partial charge in [-0.15, -0.1) is 0 Å². The van der Waals surface area contributed by atoms with E-state index >= 15 is 0 Å². The van der Waals surface area contributed by atoms with E-state index in [4.69, 9.17) is 0 Å². The first kappa shape index (κ1) is 15.0. The van der Waals surface area contributed by atoms with Gasteiger partial charge < -0.3 is 15.5 Å². The number of amides is 1. The predicted octanol–water partition coefficient (Wildman–Crippen LogP) is 1.46. The molecule has 1 aromatic heterocycles. The molecule has 0 unspecified atom stereocenters. The van der Waals surface area contributed by atoms with Crippen molar-refractivity contribution in [3.8, 4) is 0 Å². The van der Waals surface area contributed by atoms with Crippen LogP contribution in [0.15, 0.2) is 12.1 Å². The number of carbonyl (C=O) groups excluding carboxylic acids is 1. The van der Waals surface area contributed by atoms with Crippen molar-refractivity contribution in [1.82, 2.24) is 9.88 Å². The highest BCUT2D eigenvalue weighted by Crippen LogP contribution is 2.20. The number of nitrogens with one attached hydrogen (secondary N) is 2. The predicted molar refractivity (Wildman–Crippen MR) is 79.4 cm³/mol. The Morgan fingerprint density at radius 3 is 2.52 bits per heavy atom. The first-order valence-electron chi connectivity index (χ1n) is 7.02. The van der Waals surface area contributed by atoms with Gasteiger partial charge in [0.25, 0.3) is 5.69 Å². The van der Waals surface area contributed by atoms with E-state index in [0.717, 1.165) is 25.9 Å². The van der Waals surface area contributed by atoms with Crippen molar-refractivity contribution in [1.29, 1.82) is 0 Å². The topological polar surface area (TPSA) is 100 Å². The molecule has 8 nitrogen and oxygen atoms in total. The summed E-state index contributed by atoms with van der Waals surface area (Å²) in [6, 6.07) is 2.70. The first-order chi connectivity index (χ1) is 10.1. The molecule has 2 heterocycles. The van der Waals surface area contributed by atoms with Crippen molar-refractivity contribution in [3.05, 3.63) is 22.2 Å². The minimum atomic E-state index is -0.476. The summed E-state index contributed by atoms with van der Waals surface area (Å²) in [5, 5.41) is 16.7. The Balaban J connectivity index is 2.03. The Kier molecular flexibility index (Phi) is 4.91. The normalized spacial score (nSPS) is 14.0. The molecule has 0 atom stereocenters. The first-order valence-corrected chi connectivity index (χ1v) is 7.02. The summed E-state index contributed by atoms with van der Waals surface area (Å²) in [5.41, 5.74) is -0.0583. The smallest absolute Gasteiger partial charge is 0.276 e. The highest BCUT2D eigenvalue weighted by Gasteiger charge is 2.18. The largest absolute Gasteiger partial charge is 0.370 e. The Bertz CT molecular complexity index is 529. The molecule has 0 radical (unpaired) electrons. The lowest BCUT2D eigenvalue weighted by atomic mass is 10.3. The molecular formula is C13H19N5O3. The molecule has 0 aliphatic carbocycles. The molecule has 2 rings (SSSR count). The van der Waals surface area contributed by atoms with Crippen LogP contribution in [0.2, 0.25) is 0 Å². The van der Waals surface area contributed by atoms with E-state index in [1.165, 1.54) is 12.1 Å². The lowest BCUT2D eigenvalue weighted by Crippen LogP contribution is -2.33. The minimum absolute atomic E-state index is 0.00851. The van der Waals surface area contributed by atoms with Crippen molar-refractivity contribution in [2.24, 2.45) is 0 Å². The molecule has 1 saturated heterocycles. The summed E-state index contributed by atoms with van der Waals surface area (Å²) in [6.07, 6.45) is 2.07. The molecular weight excluding hydrogens is 274 g/mol. The fourth-order valence-corrected chi connectivity index (χ4v) is 2.23. The summed E-state index contributed by atoms with van der Waals surface area (Å²) in [6.45, 7) is 4.15. The summed E-state index contributed by atoms with van der Waals surface area (Å²) in [5.74, 6) is 0.737. The Hall–Kier alpha value is -2.38. The summed E-state index contributed by atoms with van der Waals surface area (Å²) >= 11 is 0. The number of hydrogen-bond donors (Lipinski definition) is 2. The van der Waals surface area contributed by atoms with E-state index < -0.39 is 4.92 Å². The average molecular weight is 293 g/mol. The quantitative estimate of drug-likeness (QED) is 0.608. The molecule has 0 saturated carbocycles. The lowest BCUT2D eigenvalue weighted by molar-refractivity contribution is -0.384. The van der Waals surface area contributed by atoms with Crippen LogP contribution < -0.4 is 10.6 Å². The summed E-state index contributed by atoms with van der Waals surface area (Å²) in [7, 11) is 0. The van der Waals surface area contributed by atoms with Gasteiger partial charge in [0.05, 0.1) is 23.6 Å². The van der Waals surface area contributed by atoms with E-state index in [1.807, 2.05) is 6.92 Å². The number of nitrogens with zero attached hydrogens (tertiary/aromatic N) is 3. The Morgan fingerprint density at radius 1 is 1.33 bits per heavy atom. The van der Waals surface area contributed by atoms with Crippen LogP contribution in [0.5, 0.6) is 0 Å². The van der Waals surface area contributed by atoms with Gasteiger partial charge in [-0.1, -0.05) is 0 Å². The Morgan fingerprint density at radius 2 is 1.95 bits per heavy atom. The van der Waals surface area contributed by atoms with Crippen LogP contribution in [0.25, 0.3) is 0 Å². The van der Waals surface area contributed by atoms with Crippen molar-refractivity contribution in [2.75, 3.05) is 36.8 Å². The van der Waals surface area contributed by atoms with Gasteiger partial charge in [0, 0.05) is 19.6 Å². The third kappa shape index (κ3) is 4.04. The number of pyridine rings is 1. The zero-order valence-electron chi connectivity index (χ0n) is 12.0. The third-order valence-corrected chi connectivity index (χ3v) is 3.26. The second-order valence-corrected chi connectivity index (χ2v) is 4.82. The molecule has 0 aromatic carbocycles. The van der Waals surface area contributed by atoms with Crippen LogP contribution in [0, 0.1) is 10.1 Å². The maximum absolute atomic E-state index is 11.9. The maximum Gasteiger partial charge on any atom is 0.276 e. The fourth-order valence-electron chi connectivity index (χ4n) is 2.23. The SMILES string of the molecule is CCNc1cc([N+](=O)[O-])cc(NCC(=O)N2CCCC2)n1. The second-order valence-electron chi connectivity index (χ2n) is 4.82. The number of carbonyl (C=O) groups is 1. The van der Waals surface area contributed by atoms with Crippen LogP contribution in [-0.2, 0) is 4.79 Å². The molecule has 1 amide bonds.